The van der Waals surface area contributed by atoms with Crippen molar-refractivity contribution >= 4 is 125 Å². The zero-order valence-electron chi connectivity index (χ0n) is 93.2. The van der Waals surface area contributed by atoms with E-state index in [-0.39, 0.29) is 86.5 Å². The van der Waals surface area contributed by atoms with Crippen molar-refractivity contribution in [2.24, 2.45) is 0 Å². The molecule has 0 saturated heterocycles. The molecule has 146 heavy (non-hydrogen) atoms. The number of benzene rings is 14. The third kappa shape index (κ3) is 21.2. The van der Waals surface area contributed by atoms with E-state index in [0.29, 0.717) is 5.02 Å². The van der Waals surface area contributed by atoms with E-state index in [0.717, 1.165) is 107 Å². The van der Waals surface area contributed by atoms with Crippen LogP contribution in [0.5, 0.6) is 0 Å². The van der Waals surface area contributed by atoms with E-state index >= 15 is 0 Å². The van der Waals surface area contributed by atoms with Crippen LogP contribution in [0.3, 0.4) is 0 Å². The Balaban J connectivity index is 0.000000216. The summed E-state index contributed by atoms with van der Waals surface area (Å²) in [6, 6.07) is 110. The van der Waals surface area contributed by atoms with Crippen molar-refractivity contribution in [1.29, 1.82) is 0 Å². The predicted molar refractivity (Wildman–Crippen MR) is 639 cm³/mol. The van der Waals surface area contributed by atoms with E-state index in [2.05, 4.69) is 569 Å². The van der Waals surface area contributed by atoms with Gasteiger partial charge >= 0.3 is 0 Å². The second-order valence-corrected chi connectivity index (χ2v) is 53.7. The quantitative estimate of drug-likeness (QED) is 0.114. The van der Waals surface area contributed by atoms with Crippen LogP contribution in [0.4, 0.5) is 68.2 Å². The summed E-state index contributed by atoms with van der Waals surface area (Å²) in [5.74, 6) is 1.80. The Kier molecular flexibility index (Phi) is 28.3. The molecule has 2 aliphatic heterocycles. The second kappa shape index (κ2) is 38.4. The van der Waals surface area contributed by atoms with Gasteiger partial charge in [0.15, 0.2) is 0 Å². The molecule has 0 radical (unpaired) electrons. The Hall–Kier alpha value is -12.4. The molecule has 14 aromatic carbocycles. The van der Waals surface area contributed by atoms with Crippen LogP contribution >= 0.6 is 11.6 Å². The van der Waals surface area contributed by atoms with Gasteiger partial charge in [-0.2, -0.15) is 0 Å². The largest absolute Gasteiger partial charge is 0.311 e. The van der Waals surface area contributed by atoms with Crippen LogP contribution in [-0.4, -0.2) is 25.8 Å². The standard InChI is InChI=1S/C67H77BN4.C67H79ClN4.2CH4/c1-62(2,3)43-24-29-49(30-25-43)70-54-34-28-45(64(7,8)9)39-53(54)68-52-33-35-55-59(69-61(42-22-20-19-21-23-42)72(55)50-31-26-44(27-32-50)63(4,5)6)60(52)71(57-41-48(67(16,17)18)40-56(70)58(57)68)51-37-46(65(10,11)12)36-47(38-51)66(13,14)15;1-62(2,3)45-27-33-51(34-28-45)70(52-35-29-46(30-36-52)63(4,5)6)57-42-50(67(16,17)18)43-58(59(57)68)71(54-40-48(65(10,11)12)39-49(41-54)66(13,14)15)55-25-22-26-56-60(55)69-61(44-23-20-19-21-24-44)72(56)53-37-31-47(32-38-53)64(7,8)9;;/h19-41H,1-18H3;19-43H,1-18H3;2*1H4. The highest BCUT2D eigenvalue weighted by atomic mass is 35.5. The number of hydrogen-bond donors (Lipinski definition) is 0. The number of fused-ring (bicyclic) bond motifs is 7. The SMILES string of the molecule is C.C.CC(C)(C)c1ccc(N(c2ccc(C(C)(C)C)cc2)c2cc(C(C)(C)C)cc(N(c3cc(C(C)(C)C)cc(C(C)(C)C)c3)c3cccc4c3nc(-c3ccccc3)n4-c3ccc(C(C)(C)C)cc3)c2Cl)cc1.CC(C)(C)c1ccc(N2c3ccc(C(C)(C)C)cc3B3c4ccc5c(nc(-c6ccccc6)n5-c5ccc(C(C)(C)C)cc5)c4N(c4cc(C(C)(C)C)cc(C(C)(C)C)c4)c4cc(C(C)(C)C)cc2c43)cc1. The van der Waals surface area contributed by atoms with Gasteiger partial charge in [0, 0.05) is 68.0 Å². The van der Waals surface area contributed by atoms with Crippen LogP contribution in [0.15, 0.2) is 291 Å². The van der Waals surface area contributed by atoms with Crippen LogP contribution in [0.2, 0.25) is 5.02 Å². The van der Waals surface area contributed by atoms with Crippen molar-refractivity contribution in [3.63, 3.8) is 0 Å². The van der Waals surface area contributed by atoms with E-state index in [1.807, 2.05) is 0 Å². The molecule has 8 nitrogen and oxygen atoms in total. The van der Waals surface area contributed by atoms with Gasteiger partial charge in [-0.3, -0.25) is 9.13 Å². The fourth-order valence-corrected chi connectivity index (χ4v) is 20.6. The van der Waals surface area contributed by atoms with Gasteiger partial charge in [-0.05, 0) is 282 Å². The first-order valence-corrected chi connectivity index (χ1v) is 52.7. The molecule has 10 heteroatoms. The van der Waals surface area contributed by atoms with Crippen LogP contribution in [0.1, 0.15) is 331 Å². The summed E-state index contributed by atoms with van der Waals surface area (Å²) in [5, 5.41) is 0.638. The molecular weight excluding hydrogens is 1790 g/mol. The first-order valence-electron chi connectivity index (χ1n) is 52.3. The average molecular weight is 1960 g/mol. The highest BCUT2D eigenvalue weighted by molar-refractivity contribution is 7.00. The Labute approximate surface area is 883 Å². The normalized spacial score (nSPS) is 13.4. The predicted octanol–water partition coefficient (Wildman–Crippen LogP) is 37.9. The molecule has 0 aliphatic carbocycles. The molecule has 0 amide bonds. The maximum Gasteiger partial charge on any atom is 0.252 e. The molecule has 0 N–H and O–H groups in total. The highest BCUT2D eigenvalue weighted by Gasteiger charge is 2.47. The van der Waals surface area contributed by atoms with E-state index in [1.54, 1.807) is 0 Å². The zero-order valence-corrected chi connectivity index (χ0v) is 94.0. The Morgan fingerprint density at radius 1 is 0.233 bits per heavy atom. The van der Waals surface area contributed by atoms with Crippen LogP contribution in [-0.2, 0) is 65.0 Å². The van der Waals surface area contributed by atoms with Gasteiger partial charge in [-0.15, -0.1) is 0 Å². The van der Waals surface area contributed by atoms with Gasteiger partial charge < -0.3 is 19.6 Å². The van der Waals surface area contributed by atoms with E-state index < -0.39 is 0 Å². The first-order chi connectivity index (χ1) is 66.9. The summed E-state index contributed by atoms with van der Waals surface area (Å²) in [6.07, 6.45) is 0. The average Bonchev–Trinajstić information content (AvgIpc) is 1.54. The van der Waals surface area contributed by atoms with Crippen LogP contribution in [0.25, 0.3) is 56.2 Å². The molecule has 2 aromatic heterocycles. The molecule has 0 unspecified atom stereocenters. The smallest absolute Gasteiger partial charge is 0.252 e. The van der Waals surface area contributed by atoms with E-state index in [4.69, 9.17) is 21.6 Å². The molecule has 0 fully saturated rings. The molecule has 18 rings (SSSR count). The van der Waals surface area contributed by atoms with Crippen LogP contribution < -0.4 is 36.0 Å². The summed E-state index contributed by atoms with van der Waals surface area (Å²) in [6.45, 7) is 83.1. The Morgan fingerprint density at radius 3 is 0.952 bits per heavy atom. The van der Waals surface area contributed by atoms with Crippen molar-refractivity contribution in [3.8, 4) is 34.2 Å². The Bertz CT molecular complexity index is 7360. The van der Waals surface area contributed by atoms with Crippen molar-refractivity contribution in [3.05, 3.63) is 363 Å². The molecular formula is C136H164BClN8. The number of rotatable bonds is 12. The number of hydrogen-bond acceptors (Lipinski definition) is 6. The zero-order chi connectivity index (χ0) is 104. The maximum absolute atomic E-state index is 8.31. The molecule has 758 valence electrons. The molecule has 16 aromatic rings. The number of halogens is 1. The van der Waals surface area contributed by atoms with Crippen molar-refractivity contribution in [2.75, 3.05) is 19.6 Å². The molecule has 0 bridgehead atoms. The number of anilines is 12. The lowest BCUT2D eigenvalue weighted by atomic mass is 9.33. The fourth-order valence-electron chi connectivity index (χ4n) is 20.4. The van der Waals surface area contributed by atoms with Gasteiger partial charge in [0.05, 0.1) is 38.8 Å². The molecule has 0 atom stereocenters. The summed E-state index contributed by atoms with van der Waals surface area (Å²) in [5.41, 5.74) is 39.5. The van der Waals surface area contributed by atoms with Crippen LogP contribution in [0, 0.1) is 0 Å². The fraction of sp³-hybridized carbons (Fsp3) is 0.368. The van der Waals surface area contributed by atoms with Crippen molar-refractivity contribution in [1.82, 2.24) is 19.1 Å². The van der Waals surface area contributed by atoms with E-state index in [9.17, 15) is 0 Å². The summed E-state index contributed by atoms with van der Waals surface area (Å²) < 4.78 is 4.73. The van der Waals surface area contributed by atoms with Gasteiger partial charge in [0.25, 0.3) is 6.71 Å². The third-order valence-electron chi connectivity index (χ3n) is 29.7. The van der Waals surface area contributed by atoms with Gasteiger partial charge in [0.2, 0.25) is 0 Å². The number of aromatic nitrogens is 4. The number of para-hydroxylation sites is 1. The second-order valence-electron chi connectivity index (χ2n) is 53.4. The van der Waals surface area contributed by atoms with Gasteiger partial charge in [0.1, 0.15) is 22.7 Å². The maximum atomic E-state index is 8.31. The lowest BCUT2D eigenvalue weighted by molar-refractivity contribution is 0.568. The highest BCUT2D eigenvalue weighted by Crippen LogP contribution is 2.56. The summed E-state index contributed by atoms with van der Waals surface area (Å²) in [4.78, 5) is 21.6. The topological polar surface area (TPSA) is 48.6 Å². The molecule has 2 aliphatic rings. The first kappa shape index (κ1) is 108. The minimum Gasteiger partial charge on any atom is -0.311 e. The van der Waals surface area contributed by atoms with E-state index in [1.165, 1.54) is 100 Å². The molecule has 0 saturated carbocycles. The van der Waals surface area contributed by atoms with Crippen molar-refractivity contribution in [2.45, 2.75) is 329 Å². The summed E-state index contributed by atoms with van der Waals surface area (Å²) in [7, 11) is 0. The Morgan fingerprint density at radius 2 is 0.562 bits per heavy atom. The van der Waals surface area contributed by atoms with Gasteiger partial charge in [-0.25, -0.2) is 9.97 Å². The number of nitrogens with zero attached hydrogens (tertiary/aromatic N) is 8. The number of imidazole rings is 2. The lowest BCUT2D eigenvalue weighted by Crippen LogP contribution is -2.61. The molecule has 4 heterocycles. The molecule has 0 spiro atoms. The van der Waals surface area contributed by atoms with Crippen molar-refractivity contribution < 1.29 is 0 Å². The minimum atomic E-state index is -0.255. The monoisotopic (exact) mass is 1960 g/mol. The third-order valence-corrected chi connectivity index (χ3v) is 30.1. The minimum absolute atomic E-state index is 0. The lowest BCUT2D eigenvalue weighted by Gasteiger charge is -2.45. The van der Waals surface area contributed by atoms with Gasteiger partial charge in [-0.1, -0.05) is 433 Å². The summed E-state index contributed by atoms with van der Waals surface area (Å²) >= 11 is 8.31.